The second-order valence-electron chi connectivity index (χ2n) is 4.34. The van der Waals surface area contributed by atoms with E-state index >= 15 is 0 Å². The van der Waals surface area contributed by atoms with E-state index in [0.29, 0.717) is 6.54 Å². The van der Waals surface area contributed by atoms with Crippen LogP contribution in [0.2, 0.25) is 0 Å². The third kappa shape index (κ3) is 4.63. The maximum absolute atomic E-state index is 11.7. The fourth-order valence-corrected chi connectivity index (χ4v) is 2.16. The number of carbonyl (C=O) groups is 1. The van der Waals surface area contributed by atoms with Gasteiger partial charge in [0, 0.05) is 17.1 Å². The molecule has 104 valence electrons. The second-order valence-corrected chi connectivity index (χ2v) is 5.22. The maximum atomic E-state index is 11.7. The van der Waals surface area contributed by atoms with Gasteiger partial charge in [-0.2, -0.15) is 0 Å². The minimum atomic E-state index is -0.0113. The summed E-state index contributed by atoms with van der Waals surface area (Å²) >= 11 is 1.70. The van der Waals surface area contributed by atoms with Crippen molar-refractivity contribution in [1.82, 2.24) is 5.32 Å². The molecule has 2 N–H and O–H groups in total. The summed E-state index contributed by atoms with van der Waals surface area (Å²) < 4.78 is 0. The highest BCUT2D eigenvalue weighted by Crippen LogP contribution is 2.17. The zero-order valence-corrected chi connectivity index (χ0v) is 12.2. The zero-order chi connectivity index (χ0) is 14.2. The van der Waals surface area contributed by atoms with Crippen LogP contribution in [0.25, 0.3) is 0 Å². The van der Waals surface area contributed by atoms with E-state index in [1.165, 1.54) is 4.90 Å². The number of rotatable bonds is 6. The minimum absolute atomic E-state index is 0.0113. The van der Waals surface area contributed by atoms with Crippen LogP contribution in [0, 0.1) is 0 Å². The van der Waals surface area contributed by atoms with Gasteiger partial charge in [0.2, 0.25) is 5.91 Å². The second kappa shape index (κ2) is 7.60. The third-order valence-electron chi connectivity index (χ3n) is 2.88. The fourth-order valence-electron chi connectivity index (χ4n) is 1.75. The molecule has 4 heteroatoms. The van der Waals surface area contributed by atoms with Crippen LogP contribution in [0.3, 0.4) is 0 Å². The first-order chi connectivity index (χ1) is 9.78. The number of hydrogen-bond donors (Lipinski definition) is 2. The summed E-state index contributed by atoms with van der Waals surface area (Å²) in [4.78, 5) is 12.9. The lowest BCUT2D eigenvalue weighted by Crippen LogP contribution is -2.29. The predicted molar refractivity (Wildman–Crippen MR) is 85.0 cm³/mol. The van der Waals surface area contributed by atoms with E-state index in [-0.39, 0.29) is 12.5 Å². The van der Waals surface area contributed by atoms with Gasteiger partial charge < -0.3 is 10.6 Å². The Bertz CT molecular complexity index is 540. The third-order valence-corrected chi connectivity index (χ3v) is 3.62. The molecule has 3 nitrogen and oxygen atoms in total. The van der Waals surface area contributed by atoms with Gasteiger partial charge in [-0.3, -0.25) is 4.79 Å². The molecule has 0 radical (unpaired) electrons. The van der Waals surface area contributed by atoms with Crippen molar-refractivity contribution in [3.05, 3.63) is 60.2 Å². The molecule has 0 aromatic heterocycles. The highest BCUT2D eigenvalue weighted by Gasteiger charge is 2.01. The largest absolute Gasteiger partial charge is 0.376 e. The van der Waals surface area contributed by atoms with Gasteiger partial charge in [-0.15, -0.1) is 11.8 Å². The summed E-state index contributed by atoms with van der Waals surface area (Å²) in [6.07, 6.45) is 2.04. The summed E-state index contributed by atoms with van der Waals surface area (Å²) in [5, 5.41) is 6.00. The van der Waals surface area contributed by atoms with Crippen LogP contribution in [-0.4, -0.2) is 18.7 Å². The van der Waals surface area contributed by atoms with Gasteiger partial charge in [-0.05, 0) is 36.1 Å². The molecule has 0 fully saturated rings. The van der Waals surface area contributed by atoms with E-state index in [4.69, 9.17) is 0 Å². The highest BCUT2D eigenvalue weighted by molar-refractivity contribution is 7.98. The first kappa shape index (κ1) is 14.5. The Kier molecular flexibility index (Phi) is 5.50. The van der Waals surface area contributed by atoms with Crippen molar-refractivity contribution in [1.29, 1.82) is 0 Å². The molecule has 0 atom stereocenters. The number of hydrogen-bond acceptors (Lipinski definition) is 3. The lowest BCUT2D eigenvalue weighted by molar-refractivity contribution is -0.119. The Morgan fingerprint density at radius 1 is 1.05 bits per heavy atom. The summed E-state index contributed by atoms with van der Waals surface area (Å²) in [6, 6.07) is 17.9. The lowest BCUT2D eigenvalue weighted by atomic mass is 10.2. The quantitative estimate of drug-likeness (QED) is 0.802. The standard InChI is InChI=1S/C16H18N2OS/c1-20-15-9-7-14(8-10-15)17-12-16(19)18-11-13-5-3-2-4-6-13/h2-10,17H,11-12H2,1H3,(H,18,19). The fraction of sp³-hybridized carbons (Fsp3) is 0.188. The molecule has 0 aliphatic carbocycles. The molecule has 1 amide bonds. The van der Waals surface area contributed by atoms with Gasteiger partial charge in [0.1, 0.15) is 0 Å². The number of benzene rings is 2. The number of thioether (sulfide) groups is 1. The molecule has 0 bridgehead atoms. The Morgan fingerprint density at radius 2 is 1.75 bits per heavy atom. The van der Waals surface area contributed by atoms with E-state index in [0.717, 1.165) is 11.3 Å². The summed E-state index contributed by atoms with van der Waals surface area (Å²) in [5.74, 6) is -0.0113. The summed E-state index contributed by atoms with van der Waals surface area (Å²) in [6.45, 7) is 0.845. The first-order valence-corrected chi connectivity index (χ1v) is 7.69. The van der Waals surface area contributed by atoms with Gasteiger partial charge in [0.25, 0.3) is 0 Å². The van der Waals surface area contributed by atoms with Crippen LogP contribution in [0.5, 0.6) is 0 Å². The topological polar surface area (TPSA) is 41.1 Å². The molecule has 2 rings (SSSR count). The normalized spacial score (nSPS) is 10.1. The van der Waals surface area contributed by atoms with Gasteiger partial charge in [0.05, 0.1) is 6.54 Å². The van der Waals surface area contributed by atoms with Gasteiger partial charge >= 0.3 is 0 Å². The number of anilines is 1. The molecule has 0 heterocycles. The van der Waals surface area contributed by atoms with Crippen molar-refractivity contribution < 1.29 is 4.79 Å². The van der Waals surface area contributed by atoms with Crippen molar-refractivity contribution in [3.63, 3.8) is 0 Å². The lowest BCUT2D eigenvalue weighted by Gasteiger charge is -2.08. The summed E-state index contributed by atoms with van der Waals surface area (Å²) in [7, 11) is 0. The van der Waals surface area contributed by atoms with Crippen molar-refractivity contribution in [2.75, 3.05) is 18.1 Å². The smallest absolute Gasteiger partial charge is 0.239 e. The van der Waals surface area contributed by atoms with Crippen molar-refractivity contribution in [2.45, 2.75) is 11.4 Å². The van der Waals surface area contributed by atoms with Crippen molar-refractivity contribution in [3.8, 4) is 0 Å². The molecular formula is C16H18N2OS. The van der Waals surface area contributed by atoms with Gasteiger partial charge in [0.15, 0.2) is 0 Å². The molecule has 0 saturated heterocycles. The molecule has 0 spiro atoms. The molecule has 2 aromatic carbocycles. The van der Waals surface area contributed by atoms with Crippen LogP contribution >= 0.6 is 11.8 Å². The average molecular weight is 286 g/mol. The molecule has 2 aromatic rings. The monoisotopic (exact) mass is 286 g/mol. The Labute approximate surface area is 123 Å². The van der Waals surface area contributed by atoms with Gasteiger partial charge in [-0.25, -0.2) is 0 Å². The summed E-state index contributed by atoms with van der Waals surface area (Å²) in [5.41, 5.74) is 2.06. The van der Waals surface area contributed by atoms with Crippen LogP contribution in [-0.2, 0) is 11.3 Å². The van der Waals surface area contributed by atoms with E-state index in [1.807, 2.05) is 60.9 Å². The van der Waals surface area contributed by atoms with Crippen molar-refractivity contribution >= 4 is 23.4 Å². The number of nitrogens with one attached hydrogen (secondary N) is 2. The van der Waals surface area contributed by atoms with E-state index < -0.39 is 0 Å². The number of carbonyl (C=O) groups excluding carboxylic acids is 1. The Morgan fingerprint density at radius 3 is 2.40 bits per heavy atom. The number of amides is 1. The molecule has 0 unspecified atom stereocenters. The van der Waals surface area contributed by atoms with Crippen LogP contribution < -0.4 is 10.6 Å². The van der Waals surface area contributed by atoms with Crippen LogP contribution in [0.15, 0.2) is 59.5 Å². The minimum Gasteiger partial charge on any atom is -0.376 e. The first-order valence-electron chi connectivity index (χ1n) is 6.46. The highest BCUT2D eigenvalue weighted by atomic mass is 32.2. The van der Waals surface area contributed by atoms with Gasteiger partial charge in [-0.1, -0.05) is 30.3 Å². The Hall–Kier alpha value is -1.94. The van der Waals surface area contributed by atoms with Crippen molar-refractivity contribution in [2.24, 2.45) is 0 Å². The van der Waals surface area contributed by atoms with E-state index in [1.54, 1.807) is 11.8 Å². The average Bonchev–Trinajstić information content (AvgIpc) is 2.52. The predicted octanol–water partition coefficient (Wildman–Crippen LogP) is 3.14. The molecule has 0 saturated carbocycles. The van der Waals surface area contributed by atoms with Crippen LogP contribution in [0.1, 0.15) is 5.56 Å². The molecular weight excluding hydrogens is 268 g/mol. The molecule has 20 heavy (non-hydrogen) atoms. The Balaban J connectivity index is 1.74. The van der Waals surface area contributed by atoms with E-state index in [9.17, 15) is 4.79 Å². The SMILES string of the molecule is CSc1ccc(NCC(=O)NCc2ccccc2)cc1. The zero-order valence-electron chi connectivity index (χ0n) is 11.4. The van der Waals surface area contributed by atoms with E-state index in [2.05, 4.69) is 10.6 Å². The maximum Gasteiger partial charge on any atom is 0.239 e. The molecule has 0 aliphatic heterocycles. The molecule has 0 aliphatic rings. The van der Waals surface area contributed by atoms with Crippen LogP contribution in [0.4, 0.5) is 5.69 Å².